The third-order valence-corrected chi connectivity index (χ3v) is 1.23. The lowest BCUT2D eigenvalue weighted by atomic mass is 10.3. The van der Waals surface area contributed by atoms with E-state index in [0.717, 1.165) is 0 Å². The van der Waals surface area contributed by atoms with Crippen LogP contribution in [0.25, 0.3) is 0 Å². The molecule has 2 atom stereocenters. The van der Waals surface area contributed by atoms with Gasteiger partial charge in [0.05, 0.1) is 0 Å². The molecule has 1 heterocycles. The molecule has 9 heteroatoms. The summed E-state index contributed by atoms with van der Waals surface area (Å²) < 4.78 is 88.4. The lowest BCUT2D eigenvalue weighted by molar-refractivity contribution is -0.394. The zero-order valence-corrected chi connectivity index (χ0v) is 5.54. The van der Waals surface area contributed by atoms with Crippen molar-refractivity contribution in [2.75, 3.05) is 0 Å². The molecule has 0 unspecified atom stereocenters. The van der Waals surface area contributed by atoms with Crippen molar-refractivity contribution in [2.24, 2.45) is 0 Å². The SMILES string of the molecule is F[C@@H]1OC(F)(F)[C@](F)(C(F)(F)F)O1. The van der Waals surface area contributed by atoms with E-state index < -0.39 is 24.7 Å². The fraction of sp³-hybridized carbons (Fsp3) is 1.00. The molecule has 0 aromatic carbocycles. The molecule has 0 radical (unpaired) electrons. The zero-order chi connectivity index (χ0) is 10.5. The first-order valence-electron chi connectivity index (χ1n) is 2.73. The molecule has 78 valence electrons. The Morgan fingerprint density at radius 2 is 1.46 bits per heavy atom. The van der Waals surface area contributed by atoms with E-state index in [2.05, 4.69) is 9.47 Å². The highest BCUT2D eigenvalue weighted by molar-refractivity contribution is 4.89. The first-order chi connectivity index (χ1) is 5.60. The molecule has 0 amide bonds. The Bertz CT molecular complexity index is 213. The summed E-state index contributed by atoms with van der Waals surface area (Å²) >= 11 is 0. The molecule has 0 bridgehead atoms. The normalized spacial score (nSPS) is 39.5. The molecule has 2 nitrogen and oxygen atoms in total. The van der Waals surface area contributed by atoms with Crippen molar-refractivity contribution in [2.45, 2.75) is 24.7 Å². The van der Waals surface area contributed by atoms with E-state index in [1.54, 1.807) is 0 Å². The topological polar surface area (TPSA) is 18.5 Å². The molecule has 0 aromatic heterocycles. The van der Waals surface area contributed by atoms with Crippen molar-refractivity contribution < 1.29 is 40.2 Å². The van der Waals surface area contributed by atoms with Crippen molar-refractivity contribution in [3.05, 3.63) is 0 Å². The Kier molecular flexibility index (Phi) is 2.00. The van der Waals surface area contributed by atoms with Crippen molar-refractivity contribution >= 4 is 0 Å². The molecule has 1 aliphatic rings. The summed E-state index contributed by atoms with van der Waals surface area (Å²) in [6.07, 6.45) is -11.5. The highest BCUT2D eigenvalue weighted by Crippen LogP contribution is 2.52. The van der Waals surface area contributed by atoms with Gasteiger partial charge >= 0.3 is 24.7 Å². The number of alkyl halides is 7. The first-order valence-corrected chi connectivity index (χ1v) is 2.73. The highest BCUT2D eigenvalue weighted by atomic mass is 19.4. The van der Waals surface area contributed by atoms with E-state index in [9.17, 15) is 30.7 Å². The van der Waals surface area contributed by atoms with Gasteiger partial charge in [-0.05, 0) is 0 Å². The minimum absolute atomic E-state index is 2.67. The van der Waals surface area contributed by atoms with Crippen molar-refractivity contribution in [3.8, 4) is 0 Å². The van der Waals surface area contributed by atoms with Crippen LogP contribution in [0.15, 0.2) is 0 Å². The third-order valence-electron chi connectivity index (χ3n) is 1.23. The van der Waals surface area contributed by atoms with Gasteiger partial charge in [-0.2, -0.15) is 30.7 Å². The molecule has 0 aromatic rings. The summed E-state index contributed by atoms with van der Waals surface area (Å²) in [5.74, 6) is -5.43. The molecule has 0 N–H and O–H groups in total. The average molecular weight is 214 g/mol. The number of ether oxygens (including phenoxy) is 2. The lowest BCUT2D eigenvalue weighted by Crippen LogP contribution is -2.53. The Morgan fingerprint density at radius 3 is 1.62 bits per heavy atom. The predicted octanol–water partition coefficient (Wildman–Crippen LogP) is 2.11. The molecule has 1 fully saturated rings. The van der Waals surface area contributed by atoms with E-state index in [4.69, 9.17) is 0 Å². The predicted molar refractivity (Wildman–Crippen MR) is 21.9 cm³/mol. The second-order valence-electron chi connectivity index (χ2n) is 2.12. The van der Waals surface area contributed by atoms with Crippen molar-refractivity contribution in [1.29, 1.82) is 0 Å². The monoisotopic (exact) mass is 214 g/mol. The van der Waals surface area contributed by atoms with E-state index >= 15 is 0 Å². The van der Waals surface area contributed by atoms with E-state index in [0.29, 0.717) is 0 Å². The quantitative estimate of drug-likeness (QED) is 0.575. The molecular formula is C4HF7O2. The van der Waals surface area contributed by atoms with Gasteiger partial charge in [-0.1, -0.05) is 0 Å². The van der Waals surface area contributed by atoms with Gasteiger partial charge in [0, 0.05) is 0 Å². The zero-order valence-electron chi connectivity index (χ0n) is 5.54. The van der Waals surface area contributed by atoms with E-state index in [-0.39, 0.29) is 0 Å². The van der Waals surface area contributed by atoms with E-state index in [1.807, 2.05) is 0 Å². The van der Waals surface area contributed by atoms with Crippen LogP contribution >= 0.6 is 0 Å². The molecule has 1 saturated heterocycles. The van der Waals surface area contributed by atoms with Crippen LogP contribution in [0.2, 0.25) is 0 Å². The highest BCUT2D eigenvalue weighted by Gasteiger charge is 2.80. The standard InChI is InChI=1S/C4HF7O2/c5-1-12-2(6,3(7,8)9)4(10,11)13-1/h1H/t1-,2-/m0/s1. The van der Waals surface area contributed by atoms with Crippen LogP contribution in [0.4, 0.5) is 30.7 Å². The fourth-order valence-electron chi connectivity index (χ4n) is 0.644. The van der Waals surface area contributed by atoms with Gasteiger partial charge in [0.1, 0.15) is 0 Å². The van der Waals surface area contributed by atoms with Crippen molar-refractivity contribution in [1.82, 2.24) is 0 Å². The third kappa shape index (κ3) is 1.35. The Morgan fingerprint density at radius 1 is 1.00 bits per heavy atom. The second kappa shape index (κ2) is 2.47. The minimum atomic E-state index is -6.07. The first kappa shape index (κ1) is 10.5. The van der Waals surface area contributed by atoms with Crippen LogP contribution in [0.3, 0.4) is 0 Å². The number of halogens is 7. The molecule has 1 aliphatic heterocycles. The van der Waals surface area contributed by atoms with Crippen LogP contribution < -0.4 is 0 Å². The molecule has 0 spiro atoms. The van der Waals surface area contributed by atoms with Gasteiger partial charge in [-0.3, -0.25) is 9.47 Å². The maximum absolute atomic E-state index is 12.4. The van der Waals surface area contributed by atoms with Gasteiger partial charge in [0.25, 0.3) is 0 Å². The van der Waals surface area contributed by atoms with Crippen molar-refractivity contribution in [3.63, 3.8) is 0 Å². The van der Waals surface area contributed by atoms with Crippen LogP contribution in [-0.4, -0.2) is 24.7 Å². The Balaban J connectivity index is 3.03. The van der Waals surface area contributed by atoms with Crippen LogP contribution in [-0.2, 0) is 9.47 Å². The van der Waals surface area contributed by atoms with Gasteiger partial charge in [-0.15, -0.1) is 0 Å². The number of hydrogen-bond acceptors (Lipinski definition) is 2. The maximum Gasteiger partial charge on any atom is 0.458 e. The molecule has 0 saturated carbocycles. The smallest absolute Gasteiger partial charge is 0.274 e. The molecular weight excluding hydrogens is 213 g/mol. The van der Waals surface area contributed by atoms with Crippen LogP contribution in [0.5, 0.6) is 0 Å². The van der Waals surface area contributed by atoms with Gasteiger partial charge < -0.3 is 0 Å². The summed E-state index contributed by atoms with van der Waals surface area (Å²) in [5, 5.41) is 0. The average Bonchev–Trinajstić information content (AvgIpc) is 2.00. The fourth-order valence-corrected chi connectivity index (χ4v) is 0.644. The number of rotatable bonds is 0. The second-order valence-corrected chi connectivity index (χ2v) is 2.12. The largest absolute Gasteiger partial charge is 0.458 e. The Hall–Kier alpha value is -0.570. The van der Waals surface area contributed by atoms with Gasteiger partial charge in [-0.25, -0.2) is 0 Å². The maximum atomic E-state index is 12.4. The summed E-state index contributed by atoms with van der Waals surface area (Å²) in [6, 6.07) is 0. The molecule has 0 aliphatic carbocycles. The molecule has 13 heavy (non-hydrogen) atoms. The summed E-state index contributed by atoms with van der Waals surface area (Å²) in [7, 11) is 0. The van der Waals surface area contributed by atoms with Gasteiger partial charge in [0.15, 0.2) is 0 Å². The minimum Gasteiger partial charge on any atom is -0.274 e. The summed E-state index contributed by atoms with van der Waals surface area (Å²) in [5.41, 5.74) is 0. The van der Waals surface area contributed by atoms with Crippen LogP contribution in [0.1, 0.15) is 0 Å². The summed E-state index contributed by atoms with van der Waals surface area (Å²) in [4.78, 5) is 0. The van der Waals surface area contributed by atoms with Crippen LogP contribution in [0, 0.1) is 0 Å². The summed E-state index contributed by atoms with van der Waals surface area (Å²) in [6.45, 7) is -3.44. The van der Waals surface area contributed by atoms with E-state index in [1.165, 1.54) is 0 Å². The Labute approximate surface area is 66.2 Å². The van der Waals surface area contributed by atoms with Gasteiger partial charge in [0.2, 0.25) is 0 Å². The number of hydrogen-bond donors (Lipinski definition) is 0. The molecule has 1 rings (SSSR count). The lowest BCUT2D eigenvalue weighted by Gasteiger charge is -2.24.